The van der Waals surface area contributed by atoms with Gasteiger partial charge in [0, 0.05) is 30.7 Å². The van der Waals surface area contributed by atoms with Crippen molar-refractivity contribution >= 4 is 26.6 Å². The van der Waals surface area contributed by atoms with E-state index in [9.17, 15) is 8.42 Å². The molecule has 3 aromatic rings. The Morgan fingerprint density at radius 3 is 2.88 bits per heavy atom. The van der Waals surface area contributed by atoms with Crippen LogP contribution in [0.15, 0.2) is 53.8 Å². The largest absolute Gasteiger partial charge is 0.276 e. The SMILES string of the molecule is N#CCCCCn1cc(NS(=O)(=O)c2cccc3cccnc23)cn1. The maximum Gasteiger partial charge on any atom is 0.264 e. The van der Waals surface area contributed by atoms with Crippen LogP contribution in [0.4, 0.5) is 5.69 Å². The van der Waals surface area contributed by atoms with Crippen LogP contribution in [-0.2, 0) is 16.6 Å². The molecule has 0 aliphatic heterocycles. The van der Waals surface area contributed by atoms with Crippen LogP contribution in [0.3, 0.4) is 0 Å². The maximum atomic E-state index is 12.7. The quantitative estimate of drug-likeness (QED) is 0.657. The molecule has 128 valence electrons. The predicted octanol–water partition coefficient (Wildman–Crippen LogP) is 2.93. The van der Waals surface area contributed by atoms with E-state index in [1.54, 1.807) is 29.2 Å². The van der Waals surface area contributed by atoms with E-state index in [0.29, 0.717) is 24.2 Å². The van der Waals surface area contributed by atoms with Gasteiger partial charge in [-0.25, -0.2) is 8.42 Å². The lowest BCUT2D eigenvalue weighted by Gasteiger charge is -2.08. The van der Waals surface area contributed by atoms with Crippen LogP contribution in [-0.4, -0.2) is 23.2 Å². The molecule has 3 rings (SSSR count). The topological polar surface area (TPSA) is 101 Å². The smallest absolute Gasteiger partial charge is 0.264 e. The Morgan fingerprint density at radius 1 is 1.20 bits per heavy atom. The zero-order chi connectivity index (χ0) is 17.7. The van der Waals surface area contributed by atoms with E-state index in [1.165, 1.54) is 12.3 Å². The molecule has 0 spiro atoms. The van der Waals surface area contributed by atoms with Crippen LogP contribution in [0.5, 0.6) is 0 Å². The van der Waals surface area contributed by atoms with Gasteiger partial charge in [0.15, 0.2) is 0 Å². The lowest BCUT2D eigenvalue weighted by molar-refractivity contribution is 0.562. The molecule has 1 aromatic carbocycles. The summed E-state index contributed by atoms with van der Waals surface area (Å²) in [5.41, 5.74) is 0.828. The van der Waals surface area contributed by atoms with Crippen LogP contribution in [0.1, 0.15) is 19.3 Å². The summed E-state index contributed by atoms with van der Waals surface area (Å²) < 4.78 is 29.6. The van der Waals surface area contributed by atoms with E-state index in [1.807, 2.05) is 12.1 Å². The van der Waals surface area contributed by atoms with Crippen LogP contribution in [0.25, 0.3) is 10.9 Å². The number of fused-ring (bicyclic) bond motifs is 1. The third-order valence-corrected chi connectivity index (χ3v) is 5.11. The Bertz CT molecular complexity index is 1020. The van der Waals surface area contributed by atoms with Crippen molar-refractivity contribution in [1.29, 1.82) is 5.26 Å². The summed E-state index contributed by atoms with van der Waals surface area (Å²) in [7, 11) is -3.76. The fraction of sp³-hybridized carbons (Fsp3) is 0.235. The van der Waals surface area contributed by atoms with Gasteiger partial charge in [0.05, 0.1) is 23.5 Å². The van der Waals surface area contributed by atoms with Crippen molar-refractivity contribution in [2.24, 2.45) is 0 Å². The van der Waals surface area contributed by atoms with Gasteiger partial charge >= 0.3 is 0 Å². The highest BCUT2D eigenvalue weighted by Crippen LogP contribution is 2.23. The van der Waals surface area contributed by atoms with E-state index in [-0.39, 0.29) is 4.90 Å². The summed E-state index contributed by atoms with van der Waals surface area (Å²) in [6.07, 6.45) is 6.80. The summed E-state index contributed by atoms with van der Waals surface area (Å²) in [6.45, 7) is 0.638. The number of benzene rings is 1. The number of sulfonamides is 1. The van der Waals surface area contributed by atoms with Gasteiger partial charge in [-0.3, -0.25) is 14.4 Å². The Hall–Kier alpha value is -2.92. The van der Waals surface area contributed by atoms with Crippen molar-refractivity contribution in [3.63, 3.8) is 0 Å². The van der Waals surface area contributed by atoms with Gasteiger partial charge in [-0.1, -0.05) is 18.2 Å². The van der Waals surface area contributed by atoms with Crippen molar-refractivity contribution in [2.45, 2.75) is 30.7 Å². The number of rotatable bonds is 7. The molecule has 0 amide bonds. The summed E-state index contributed by atoms with van der Waals surface area (Å²) in [5, 5.41) is 13.4. The zero-order valence-corrected chi connectivity index (χ0v) is 14.3. The second kappa shape index (κ2) is 7.32. The first-order chi connectivity index (χ1) is 12.1. The van der Waals surface area contributed by atoms with E-state index in [2.05, 4.69) is 20.9 Å². The number of anilines is 1. The number of pyridine rings is 1. The minimum atomic E-state index is -3.76. The van der Waals surface area contributed by atoms with Crippen molar-refractivity contribution in [3.05, 3.63) is 48.9 Å². The normalized spacial score (nSPS) is 11.3. The molecule has 0 saturated heterocycles. The zero-order valence-electron chi connectivity index (χ0n) is 13.5. The second-order valence-electron chi connectivity index (χ2n) is 5.54. The van der Waals surface area contributed by atoms with Crippen LogP contribution in [0, 0.1) is 11.3 Å². The molecule has 0 radical (unpaired) electrons. The second-order valence-corrected chi connectivity index (χ2v) is 7.19. The summed E-state index contributed by atoms with van der Waals surface area (Å²) in [4.78, 5) is 4.32. The van der Waals surface area contributed by atoms with E-state index in [4.69, 9.17) is 5.26 Å². The van der Waals surface area contributed by atoms with Crippen molar-refractivity contribution in [1.82, 2.24) is 14.8 Å². The molecule has 25 heavy (non-hydrogen) atoms. The van der Waals surface area contributed by atoms with Gasteiger partial charge in [-0.15, -0.1) is 0 Å². The monoisotopic (exact) mass is 355 g/mol. The molecule has 0 atom stereocenters. The molecule has 0 saturated carbocycles. The molecule has 1 N–H and O–H groups in total. The van der Waals surface area contributed by atoms with Gasteiger partial charge < -0.3 is 0 Å². The summed E-state index contributed by atoms with van der Waals surface area (Å²) in [6, 6.07) is 10.7. The molecule has 2 heterocycles. The molecule has 0 bridgehead atoms. The first-order valence-corrected chi connectivity index (χ1v) is 9.34. The number of hydrogen-bond donors (Lipinski definition) is 1. The fourth-order valence-electron chi connectivity index (χ4n) is 2.52. The van der Waals surface area contributed by atoms with E-state index in [0.717, 1.165) is 18.2 Å². The Morgan fingerprint density at radius 2 is 2.04 bits per heavy atom. The van der Waals surface area contributed by atoms with Gasteiger partial charge in [0.2, 0.25) is 0 Å². The Labute approximate surface area is 146 Å². The van der Waals surface area contributed by atoms with Crippen LogP contribution in [0.2, 0.25) is 0 Å². The highest BCUT2D eigenvalue weighted by Gasteiger charge is 2.18. The third-order valence-electron chi connectivity index (χ3n) is 3.70. The average molecular weight is 355 g/mol. The van der Waals surface area contributed by atoms with Crippen LogP contribution < -0.4 is 4.72 Å². The number of para-hydroxylation sites is 1. The number of nitrogens with one attached hydrogen (secondary N) is 1. The van der Waals surface area contributed by atoms with Crippen molar-refractivity contribution < 1.29 is 8.42 Å². The number of hydrogen-bond acceptors (Lipinski definition) is 5. The molecular formula is C17H17N5O2S. The van der Waals surface area contributed by atoms with Crippen molar-refractivity contribution in [2.75, 3.05) is 4.72 Å². The molecule has 0 aliphatic rings. The van der Waals surface area contributed by atoms with Gasteiger partial charge in [0.25, 0.3) is 10.0 Å². The Balaban J connectivity index is 1.78. The van der Waals surface area contributed by atoms with Gasteiger partial charge in [0.1, 0.15) is 4.90 Å². The highest BCUT2D eigenvalue weighted by molar-refractivity contribution is 7.93. The molecule has 0 fully saturated rings. The molecule has 0 aliphatic carbocycles. The average Bonchev–Trinajstić information content (AvgIpc) is 3.05. The summed E-state index contributed by atoms with van der Waals surface area (Å²) >= 11 is 0. The standard InChI is InChI=1S/C17H17N5O2S/c18-9-2-1-3-11-22-13-15(12-20-22)21-25(23,24)16-8-4-6-14-7-5-10-19-17(14)16/h4-8,10,12-13,21H,1-3,11H2. The molecule has 2 aromatic heterocycles. The molecular weight excluding hydrogens is 338 g/mol. The van der Waals surface area contributed by atoms with Crippen LogP contribution >= 0.6 is 0 Å². The Kier molecular flexibility index (Phi) is 4.95. The number of unbranched alkanes of at least 4 members (excludes halogenated alkanes) is 2. The minimum Gasteiger partial charge on any atom is -0.276 e. The molecule has 0 unspecified atom stereocenters. The first-order valence-electron chi connectivity index (χ1n) is 7.86. The third kappa shape index (κ3) is 3.95. The highest BCUT2D eigenvalue weighted by atomic mass is 32.2. The van der Waals surface area contributed by atoms with E-state index < -0.39 is 10.0 Å². The lowest BCUT2D eigenvalue weighted by Crippen LogP contribution is -2.13. The fourth-order valence-corrected chi connectivity index (χ4v) is 3.73. The predicted molar refractivity (Wildman–Crippen MR) is 94.2 cm³/mol. The van der Waals surface area contributed by atoms with Crippen molar-refractivity contribution in [3.8, 4) is 6.07 Å². The number of nitriles is 1. The number of aromatic nitrogens is 3. The minimum absolute atomic E-state index is 0.132. The molecule has 7 nitrogen and oxygen atoms in total. The van der Waals surface area contributed by atoms with Gasteiger partial charge in [-0.2, -0.15) is 10.4 Å². The maximum absolute atomic E-state index is 12.7. The number of nitrogens with zero attached hydrogens (tertiary/aromatic N) is 4. The molecule has 8 heteroatoms. The summed E-state index contributed by atoms with van der Waals surface area (Å²) in [5.74, 6) is 0. The number of aryl methyl sites for hydroxylation is 1. The van der Waals surface area contributed by atoms with E-state index >= 15 is 0 Å². The van der Waals surface area contributed by atoms with Gasteiger partial charge in [-0.05, 0) is 25.0 Å². The lowest BCUT2D eigenvalue weighted by atomic mass is 10.2. The first kappa shape index (κ1) is 16.9.